The molecule has 0 aliphatic rings. The number of nitrogens with zero attached hydrogens (tertiary/aromatic N) is 1. The lowest BCUT2D eigenvalue weighted by molar-refractivity contribution is 0.306. The van der Waals surface area contributed by atoms with Gasteiger partial charge in [0.2, 0.25) is 0 Å². The molecule has 0 heterocycles. The molecule has 0 saturated heterocycles. The van der Waals surface area contributed by atoms with E-state index in [1.54, 1.807) is 24.4 Å². The van der Waals surface area contributed by atoms with Crippen molar-refractivity contribution >= 4 is 52.4 Å². The Morgan fingerprint density at radius 1 is 0.929 bits per heavy atom. The number of hydrogen-bond acceptors (Lipinski definition) is 3. The summed E-state index contributed by atoms with van der Waals surface area (Å²) in [5, 5.41) is 8.75. The topological polar surface area (TPSA) is 45.7 Å². The summed E-state index contributed by atoms with van der Waals surface area (Å²) < 4.78 is 5.90. The summed E-state index contributed by atoms with van der Waals surface area (Å²) >= 11 is 17.6. The van der Waals surface area contributed by atoms with Crippen LogP contribution in [0.5, 0.6) is 5.75 Å². The second-order valence-electron chi connectivity index (χ2n) is 5.72. The van der Waals surface area contributed by atoms with Crippen molar-refractivity contribution in [2.45, 2.75) is 6.61 Å². The summed E-state index contributed by atoms with van der Waals surface area (Å²) in [4.78, 5) is 0. The van der Waals surface area contributed by atoms with Gasteiger partial charge in [-0.1, -0.05) is 59.6 Å². The number of ether oxygens (including phenoxy) is 1. The van der Waals surface area contributed by atoms with Gasteiger partial charge in [-0.15, -0.1) is 0 Å². The van der Waals surface area contributed by atoms with E-state index in [9.17, 15) is 0 Å². The third kappa shape index (κ3) is 5.70. The standard InChI is InChI=1S/C21H17Cl2N3OS/c22-18-10-6-11-19(23)17(18)14-27-20-12-5-4-7-15(20)13-24-26-21(28)25-16-8-2-1-3-9-16/h1-13H,14H2,(H2,25,26,28). The largest absolute Gasteiger partial charge is 0.488 e. The second kappa shape index (κ2) is 10.1. The summed E-state index contributed by atoms with van der Waals surface area (Å²) in [6.07, 6.45) is 1.64. The molecule has 0 aliphatic heterocycles. The van der Waals surface area contributed by atoms with Crippen molar-refractivity contribution in [1.82, 2.24) is 5.43 Å². The lowest BCUT2D eigenvalue weighted by Crippen LogP contribution is -2.23. The van der Waals surface area contributed by atoms with Crippen molar-refractivity contribution in [1.29, 1.82) is 0 Å². The molecular formula is C21H17Cl2N3OS. The zero-order valence-electron chi connectivity index (χ0n) is 14.7. The molecule has 0 bridgehead atoms. The third-order valence-corrected chi connectivity index (χ3v) is 4.66. The number of benzene rings is 3. The molecular weight excluding hydrogens is 413 g/mol. The third-order valence-electron chi connectivity index (χ3n) is 3.75. The summed E-state index contributed by atoms with van der Waals surface area (Å²) in [5.41, 5.74) is 5.21. The molecule has 0 radical (unpaired) electrons. The zero-order valence-corrected chi connectivity index (χ0v) is 17.1. The fourth-order valence-electron chi connectivity index (χ4n) is 2.38. The molecule has 0 amide bonds. The van der Waals surface area contributed by atoms with Gasteiger partial charge < -0.3 is 10.1 Å². The molecule has 7 heteroatoms. The van der Waals surface area contributed by atoms with Gasteiger partial charge in [-0.05, 0) is 48.6 Å². The average Bonchev–Trinajstić information content (AvgIpc) is 2.69. The average molecular weight is 430 g/mol. The minimum absolute atomic E-state index is 0.255. The maximum absolute atomic E-state index is 6.20. The van der Waals surface area contributed by atoms with E-state index in [2.05, 4.69) is 15.8 Å². The molecule has 4 nitrogen and oxygen atoms in total. The molecule has 0 fully saturated rings. The fourth-order valence-corrected chi connectivity index (χ4v) is 3.06. The summed E-state index contributed by atoms with van der Waals surface area (Å²) in [6.45, 7) is 0.255. The molecule has 0 aliphatic carbocycles. The Hall–Kier alpha value is -2.60. The van der Waals surface area contributed by atoms with E-state index in [4.69, 9.17) is 40.2 Å². The van der Waals surface area contributed by atoms with Crippen LogP contribution in [0.1, 0.15) is 11.1 Å². The highest BCUT2D eigenvalue weighted by molar-refractivity contribution is 7.80. The molecule has 142 valence electrons. The highest BCUT2D eigenvalue weighted by atomic mass is 35.5. The predicted molar refractivity (Wildman–Crippen MR) is 121 cm³/mol. The first kappa shape index (κ1) is 20.1. The van der Waals surface area contributed by atoms with Crippen LogP contribution in [-0.2, 0) is 6.61 Å². The number of hydrogen-bond donors (Lipinski definition) is 2. The Morgan fingerprint density at radius 3 is 2.36 bits per heavy atom. The van der Waals surface area contributed by atoms with Crippen LogP contribution < -0.4 is 15.5 Å². The number of hydrazone groups is 1. The van der Waals surface area contributed by atoms with E-state index < -0.39 is 0 Å². The van der Waals surface area contributed by atoms with Crippen LogP contribution in [-0.4, -0.2) is 11.3 Å². The van der Waals surface area contributed by atoms with E-state index in [-0.39, 0.29) is 6.61 Å². The van der Waals surface area contributed by atoms with Crippen molar-refractivity contribution in [3.05, 3.63) is 94.0 Å². The molecule has 0 atom stereocenters. The second-order valence-corrected chi connectivity index (χ2v) is 6.94. The zero-order chi connectivity index (χ0) is 19.8. The molecule has 3 rings (SSSR count). The summed E-state index contributed by atoms with van der Waals surface area (Å²) in [5.74, 6) is 0.658. The van der Waals surface area contributed by atoms with Gasteiger partial charge in [0.15, 0.2) is 5.11 Å². The van der Waals surface area contributed by atoms with E-state index in [1.807, 2.05) is 54.6 Å². The first-order valence-electron chi connectivity index (χ1n) is 8.43. The lowest BCUT2D eigenvalue weighted by atomic mass is 10.2. The van der Waals surface area contributed by atoms with Gasteiger partial charge in [-0.2, -0.15) is 5.10 Å². The van der Waals surface area contributed by atoms with Crippen LogP contribution in [0.15, 0.2) is 77.9 Å². The molecule has 0 spiro atoms. The van der Waals surface area contributed by atoms with Crippen LogP contribution in [0, 0.1) is 0 Å². The van der Waals surface area contributed by atoms with Gasteiger partial charge in [0.25, 0.3) is 0 Å². The van der Waals surface area contributed by atoms with Crippen LogP contribution in [0.25, 0.3) is 0 Å². The van der Waals surface area contributed by atoms with Crippen molar-refractivity contribution in [3.8, 4) is 5.75 Å². The number of rotatable bonds is 6. The number of nitrogens with one attached hydrogen (secondary N) is 2. The molecule has 0 aromatic heterocycles. The van der Waals surface area contributed by atoms with Crippen molar-refractivity contribution in [3.63, 3.8) is 0 Å². The highest BCUT2D eigenvalue weighted by Gasteiger charge is 2.08. The SMILES string of the molecule is S=C(NN=Cc1ccccc1OCc1c(Cl)cccc1Cl)Nc1ccccc1. The summed E-state index contributed by atoms with van der Waals surface area (Å²) in [6, 6.07) is 22.5. The molecule has 0 saturated carbocycles. The van der Waals surface area contributed by atoms with Gasteiger partial charge in [-0.3, -0.25) is 5.43 Å². The van der Waals surface area contributed by atoms with Crippen molar-refractivity contribution in [2.24, 2.45) is 5.10 Å². The van der Waals surface area contributed by atoms with Crippen molar-refractivity contribution < 1.29 is 4.74 Å². The van der Waals surface area contributed by atoms with Crippen LogP contribution in [0.3, 0.4) is 0 Å². The van der Waals surface area contributed by atoms with Gasteiger partial charge >= 0.3 is 0 Å². The number of thiocarbonyl (C=S) groups is 1. The Balaban J connectivity index is 1.62. The smallest absolute Gasteiger partial charge is 0.191 e. The quantitative estimate of drug-likeness (QED) is 0.291. The Kier molecular flexibility index (Phi) is 7.25. The Bertz CT molecular complexity index is 960. The highest BCUT2D eigenvalue weighted by Crippen LogP contribution is 2.26. The summed E-state index contributed by atoms with van der Waals surface area (Å²) in [7, 11) is 0. The first-order chi connectivity index (χ1) is 13.6. The van der Waals surface area contributed by atoms with Gasteiger partial charge in [0, 0.05) is 26.9 Å². The van der Waals surface area contributed by atoms with E-state index in [0.29, 0.717) is 20.9 Å². The molecule has 2 N–H and O–H groups in total. The number of anilines is 1. The Labute approximate surface area is 179 Å². The lowest BCUT2D eigenvalue weighted by Gasteiger charge is -2.11. The molecule has 3 aromatic carbocycles. The maximum Gasteiger partial charge on any atom is 0.191 e. The monoisotopic (exact) mass is 429 g/mol. The predicted octanol–water partition coefficient (Wildman–Crippen LogP) is 5.89. The van der Waals surface area contributed by atoms with Gasteiger partial charge in [0.05, 0.1) is 6.21 Å². The molecule has 28 heavy (non-hydrogen) atoms. The van der Waals surface area contributed by atoms with Crippen LogP contribution in [0.2, 0.25) is 10.0 Å². The Morgan fingerprint density at radius 2 is 1.61 bits per heavy atom. The fraction of sp³-hybridized carbons (Fsp3) is 0.0476. The van der Waals surface area contributed by atoms with Gasteiger partial charge in [0.1, 0.15) is 12.4 Å². The van der Waals surface area contributed by atoms with E-state index in [1.165, 1.54) is 0 Å². The number of halogens is 2. The minimum Gasteiger partial charge on any atom is -0.488 e. The van der Waals surface area contributed by atoms with Crippen LogP contribution >= 0.6 is 35.4 Å². The molecule has 0 unspecified atom stereocenters. The first-order valence-corrected chi connectivity index (χ1v) is 9.60. The van der Waals surface area contributed by atoms with E-state index >= 15 is 0 Å². The maximum atomic E-state index is 6.20. The van der Waals surface area contributed by atoms with Gasteiger partial charge in [-0.25, -0.2) is 0 Å². The normalized spacial score (nSPS) is 10.6. The minimum atomic E-state index is 0.255. The molecule has 3 aromatic rings. The van der Waals surface area contributed by atoms with Crippen molar-refractivity contribution in [2.75, 3.05) is 5.32 Å². The number of para-hydroxylation sites is 2. The van der Waals surface area contributed by atoms with E-state index in [0.717, 1.165) is 16.8 Å². The van der Waals surface area contributed by atoms with Crippen LogP contribution in [0.4, 0.5) is 5.69 Å².